The maximum atomic E-state index is 9.18. The number of hydrogen-bond donors (Lipinski definition) is 2. The van der Waals surface area contributed by atoms with Crippen molar-refractivity contribution in [2.24, 2.45) is 0 Å². The number of ether oxygens (including phenoxy) is 1. The Morgan fingerprint density at radius 1 is 1.27 bits per heavy atom. The standard InChI is InChI=1S/C12H17NO2/c14-9-10-3-1-2-4-12(10)13-11-5-7-15-8-6-11/h1-4,11,13-14H,5-9H2. The first kappa shape index (κ1) is 10.5. The van der Waals surface area contributed by atoms with E-state index in [0.717, 1.165) is 37.3 Å². The molecular weight excluding hydrogens is 190 g/mol. The number of rotatable bonds is 3. The summed E-state index contributed by atoms with van der Waals surface area (Å²) in [4.78, 5) is 0. The Balaban J connectivity index is 2.02. The van der Waals surface area contributed by atoms with Gasteiger partial charge in [0.1, 0.15) is 0 Å². The fraction of sp³-hybridized carbons (Fsp3) is 0.500. The molecule has 0 unspecified atom stereocenters. The topological polar surface area (TPSA) is 41.5 Å². The highest BCUT2D eigenvalue weighted by atomic mass is 16.5. The Morgan fingerprint density at radius 2 is 2.00 bits per heavy atom. The molecule has 3 nitrogen and oxygen atoms in total. The van der Waals surface area contributed by atoms with E-state index < -0.39 is 0 Å². The van der Waals surface area contributed by atoms with Crippen LogP contribution in [0, 0.1) is 0 Å². The zero-order valence-corrected chi connectivity index (χ0v) is 8.78. The summed E-state index contributed by atoms with van der Waals surface area (Å²) in [5.74, 6) is 0. The Morgan fingerprint density at radius 3 is 2.73 bits per heavy atom. The summed E-state index contributed by atoms with van der Waals surface area (Å²) in [6.45, 7) is 1.75. The number of anilines is 1. The van der Waals surface area contributed by atoms with E-state index in [2.05, 4.69) is 5.32 Å². The molecule has 0 atom stereocenters. The fourth-order valence-corrected chi connectivity index (χ4v) is 1.86. The van der Waals surface area contributed by atoms with Crippen LogP contribution in [0.2, 0.25) is 0 Å². The molecule has 1 fully saturated rings. The second-order valence-electron chi connectivity index (χ2n) is 3.85. The van der Waals surface area contributed by atoms with Gasteiger partial charge in [-0.3, -0.25) is 0 Å². The lowest BCUT2D eigenvalue weighted by Gasteiger charge is -2.25. The molecule has 0 radical (unpaired) electrons. The van der Waals surface area contributed by atoms with Gasteiger partial charge in [0.05, 0.1) is 6.61 Å². The molecule has 1 heterocycles. The zero-order chi connectivity index (χ0) is 10.5. The van der Waals surface area contributed by atoms with Crippen molar-refractivity contribution >= 4 is 5.69 Å². The molecule has 0 aromatic heterocycles. The maximum absolute atomic E-state index is 9.18. The van der Waals surface area contributed by atoms with E-state index in [1.807, 2.05) is 24.3 Å². The van der Waals surface area contributed by atoms with Gasteiger partial charge in [0.2, 0.25) is 0 Å². The molecule has 0 aliphatic carbocycles. The van der Waals surface area contributed by atoms with Crippen molar-refractivity contribution in [3.8, 4) is 0 Å². The van der Waals surface area contributed by atoms with Crippen LogP contribution in [0.5, 0.6) is 0 Å². The van der Waals surface area contributed by atoms with Crippen molar-refractivity contribution in [1.82, 2.24) is 0 Å². The van der Waals surface area contributed by atoms with Gasteiger partial charge in [-0.25, -0.2) is 0 Å². The molecular formula is C12H17NO2. The Bertz CT molecular complexity index is 308. The molecule has 1 aromatic carbocycles. The van der Waals surface area contributed by atoms with Crippen molar-refractivity contribution < 1.29 is 9.84 Å². The van der Waals surface area contributed by atoms with Crippen LogP contribution in [-0.4, -0.2) is 24.4 Å². The van der Waals surface area contributed by atoms with Gasteiger partial charge < -0.3 is 15.2 Å². The van der Waals surface area contributed by atoms with Crippen molar-refractivity contribution in [1.29, 1.82) is 0 Å². The molecule has 1 aliphatic rings. The number of aliphatic hydroxyl groups excluding tert-OH is 1. The third-order valence-electron chi connectivity index (χ3n) is 2.77. The molecule has 15 heavy (non-hydrogen) atoms. The monoisotopic (exact) mass is 207 g/mol. The van der Waals surface area contributed by atoms with Crippen LogP contribution < -0.4 is 5.32 Å². The Kier molecular flexibility index (Phi) is 3.59. The van der Waals surface area contributed by atoms with E-state index in [0.29, 0.717) is 6.04 Å². The Labute approximate surface area is 90.1 Å². The smallest absolute Gasteiger partial charge is 0.0701 e. The third-order valence-corrected chi connectivity index (χ3v) is 2.77. The van der Waals surface area contributed by atoms with Gasteiger partial charge in [0.15, 0.2) is 0 Å². The number of aliphatic hydroxyl groups is 1. The highest BCUT2D eigenvalue weighted by Crippen LogP contribution is 2.19. The minimum atomic E-state index is 0.0897. The summed E-state index contributed by atoms with van der Waals surface area (Å²) in [5.41, 5.74) is 2.01. The van der Waals surface area contributed by atoms with E-state index in [1.165, 1.54) is 0 Å². The van der Waals surface area contributed by atoms with Gasteiger partial charge in [-0.1, -0.05) is 18.2 Å². The summed E-state index contributed by atoms with van der Waals surface area (Å²) >= 11 is 0. The van der Waals surface area contributed by atoms with Crippen LogP contribution in [0.1, 0.15) is 18.4 Å². The van der Waals surface area contributed by atoms with E-state index in [9.17, 15) is 5.11 Å². The SMILES string of the molecule is OCc1ccccc1NC1CCOCC1. The lowest BCUT2D eigenvalue weighted by atomic mass is 10.1. The van der Waals surface area contributed by atoms with Crippen LogP contribution in [0.3, 0.4) is 0 Å². The number of hydrogen-bond acceptors (Lipinski definition) is 3. The van der Waals surface area contributed by atoms with Gasteiger partial charge in [0.25, 0.3) is 0 Å². The first-order chi connectivity index (χ1) is 7.40. The summed E-state index contributed by atoms with van der Waals surface area (Å²) in [6.07, 6.45) is 2.08. The van der Waals surface area contributed by atoms with E-state index in [-0.39, 0.29) is 6.61 Å². The average molecular weight is 207 g/mol. The lowest BCUT2D eigenvalue weighted by Crippen LogP contribution is -2.28. The Hall–Kier alpha value is -1.06. The molecule has 1 aromatic rings. The normalized spacial score (nSPS) is 17.7. The van der Waals surface area contributed by atoms with Crippen molar-refractivity contribution in [2.75, 3.05) is 18.5 Å². The van der Waals surface area contributed by atoms with Gasteiger partial charge in [-0.15, -0.1) is 0 Å². The second-order valence-corrected chi connectivity index (χ2v) is 3.85. The predicted molar refractivity (Wildman–Crippen MR) is 59.8 cm³/mol. The highest BCUT2D eigenvalue weighted by Gasteiger charge is 2.14. The minimum absolute atomic E-state index is 0.0897. The molecule has 0 spiro atoms. The van der Waals surface area contributed by atoms with Gasteiger partial charge in [-0.05, 0) is 18.9 Å². The molecule has 1 saturated heterocycles. The van der Waals surface area contributed by atoms with Crippen molar-refractivity contribution in [3.05, 3.63) is 29.8 Å². The second kappa shape index (κ2) is 5.14. The average Bonchev–Trinajstić information content (AvgIpc) is 2.31. The van der Waals surface area contributed by atoms with Crippen LogP contribution in [0.4, 0.5) is 5.69 Å². The van der Waals surface area contributed by atoms with E-state index in [4.69, 9.17) is 4.74 Å². The zero-order valence-electron chi connectivity index (χ0n) is 8.78. The van der Waals surface area contributed by atoms with Crippen LogP contribution in [0.25, 0.3) is 0 Å². The van der Waals surface area contributed by atoms with Crippen LogP contribution >= 0.6 is 0 Å². The van der Waals surface area contributed by atoms with E-state index >= 15 is 0 Å². The lowest BCUT2D eigenvalue weighted by molar-refractivity contribution is 0.0904. The molecule has 1 aliphatic heterocycles. The molecule has 2 rings (SSSR count). The first-order valence-corrected chi connectivity index (χ1v) is 5.43. The van der Waals surface area contributed by atoms with Crippen molar-refractivity contribution in [3.63, 3.8) is 0 Å². The van der Waals surface area contributed by atoms with Crippen molar-refractivity contribution in [2.45, 2.75) is 25.5 Å². The quantitative estimate of drug-likeness (QED) is 0.793. The number of nitrogens with one attached hydrogen (secondary N) is 1. The van der Waals surface area contributed by atoms with Crippen LogP contribution in [0.15, 0.2) is 24.3 Å². The summed E-state index contributed by atoms with van der Waals surface area (Å²) in [5, 5.41) is 12.6. The largest absolute Gasteiger partial charge is 0.392 e. The highest BCUT2D eigenvalue weighted by molar-refractivity contribution is 5.51. The van der Waals surface area contributed by atoms with Gasteiger partial charge in [0, 0.05) is 30.5 Å². The first-order valence-electron chi connectivity index (χ1n) is 5.43. The minimum Gasteiger partial charge on any atom is -0.392 e. The summed E-state index contributed by atoms with van der Waals surface area (Å²) in [7, 11) is 0. The third kappa shape index (κ3) is 2.70. The maximum Gasteiger partial charge on any atom is 0.0701 e. The van der Waals surface area contributed by atoms with E-state index in [1.54, 1.807) is 0 Å². The molecule has 82 valence electrons. The summed E-state index contributed by atoms with van der Waals surface area (Å²) in [6, 6.07) is 8.37. The predicted octanol–water partition coefficient (Wildman–Crippen LogP) is 1.77. The summed E-state index contributed by atoms with van der Waals surface area (Å²) < 4.78 is 5.30. The molecule has 0 saturated carbocycles. The number of para-hydroxylation sites is 1. The molecule has 0 bridgehead atoms. The molecule has 3 heteroatoms. The van der Waals surface area contributed by atoms with Gasteiger partial charge >= 0.3 is 0 Å². The van der Waals surface area contributed by atoms with Crippen LogP contribution in [-0.2, 0) is 11.3 Å². The van der Waals surface area contributed by atoms with Gasteiger partial charge in [-0.2, -0.15) is 0 Å². The fourth-order valence-electron chi connectivity index (χ4n) is 1.86. The molecule has 2 N–H and O–H groups in total. The number of benzene rings is 1. The molecule has 0 amide bonds.